The zero-order chi connectivity index (χ0) is 14.9. The lowest BCUT2D eigenvalue weighted by Gasteiger charge is -2.31. The van der Waals surface area contributed by atoms with Gasteiger partial charge in [0.15, 0.2) is 0 Å². The van der Waals surface area contributed by atoms with E-state index in [-0.39, 0.29) is 11.9 Å². The van der Waals surface area contributed by atoms with Gasteiger partial charge in [0, 0.05) is 26.2 Å². The Morgan fingerprint density at radius 2 is 2.00 bits per heavy atom. The minimum Gasteiger partial charge on any atom is -0.379 e. The molecule has 2 fully saturated rings. The van der Waals surface area contributed by atoms with Gasteiger partial charge in [-0.15, -0.1) is 0 Å². The first-order valence-electron chi connectivity index (χ1n) is 8.48. The second-order valence-electron chi connectivity index (χ2n) is 6.10. The first kappa shape index (κ1) is 16.7. The van der Waals surface area contributed by atoms with Crippen molar-refractivity contribution in [2.45, 2.75) is 57.6 Å². The molecule has 0 spiro atoms. The largest absolute Gasteiger partial charge is 0.379 e. The number of ether oxygens (including phenoxy) is 2. The summed E-state index contributed by atoms with van der Waals surface area (Å²) >= 11 is 0. The van der Waals surface area contributed by atoms with Crippen molar-refractivity contribution < 1.29 is 14.3 Å². The van der Waals surface area contributed by atoms with Crippen LogP contribution in [0, 0.1) is 0 Å². The van der Waals surface area contributed by atoms with Gasteiger partial charge in [0.1, 0.15) is 0 Å². The highest BCUT2D eigenvalue weighted by atomic mass is 16.5. The summed E-state index contributed by atoms with van der Waals surface area (Å²) in [5.41, 5.74) is 0. The molecule has 122 valence electrons. The van der Waals surface area contributed by atoms with Crippen molar-refractivity contribution in [2.75, 3.05) is 39.5 Å². The fourth-order valence-electron chi connectivity index (χ4n) is 3.04. The predicted octanol–water partition coefficient (Wildman–Crippen LogP) is 1.56. The summed E-state index contributed by atoms with van der Waals surface area (Å²) in [7, 11) is 0. The van der Waals surface area contributed by atoms with Gasteiger partial charge in [0.25, 0.3) is 0 Å². The molecule has 1 N–H and O–H groups in total. The highest BCUT2D eigenvalue weighted by molar-refractivity contribution is 5.81. The van der Waals surface area contributed by atoms with E-state index in [0.717, 1.165) is 39.3 Å². The van der Waals surface area contributed by atoms with Crippen LogP contribution in [-0.4, -0.2) is 62.4 Å². The monoisotopic (exact) mass is 298 g/mol. The molecule has 0 aromatic heterocycles. The van der Waals surface area contributed by atoms with E-state index in [4.69, 9.17) is 9.47 Å². The van der Waals surface area contributed by atoms with Crippen LogP contribution in [0.1, 0.15) is 45.4 Å². The molecule has 0 aromatic carbocycles. The highest BCUT2D eigenvalue weighted by Gasteiger charge is 2.22. The van der Waals surface area contributed by atoms with Gasteiger partial charge >= 0.3 is 0 Å². The van der Waals surface area contributed by atoms with Crippen LogP contribution in [0.25, 0.3) is 0 Å². The Kier molecular flexibility index (Phi) is 7.47. The van der Waals surface area contributed by atoms with Gasteiger partial charge in [-0.25, -0.2) is 0 Å². The Labute approximate surface area is 128 Å². The quantitative estimate of drug-likeness (QED) is 0.725. The van der Waals surface area contributed by atoms with Crippen LogP contribution in [0.3, 0.4) is 0 Å². The molecule has 1 saturated heterocycles. The van der Waals surface area contributed by atoms with E-state index < -0.39 is 0 Å². The molecule has 1 saturated carbocycles. The van der Waals surface area contributed by atoms with Gasteiger partial charge in [-0.05, 0) is 26.2 Å². The van der Waals surface area contributed by atoms with Gasteiger partial charge in [-0.1, -0.05) is 19.3 Å². The van der Waals surface area contributed by atoms with Gasteiger partial charge in [-0.3, -0.25) is 9.69 Å². The Morgan fingerprint density at radius 1 is 1.29 bits per heavy atom. The van der Waals surface area contributed by atoms with Crippen molar-refractivity contribution in [1.29, 1.82) is 0 Å². The normalized spacial score (nSPS) is 22.9. The zero-order valence-electron chi connectivity index (χ0n) is 13.3. The van der Waals surface area contributed by atoms with Gasteiger partial charge in [0.05, 0.1) is 25.4 Å². The van der Waals surface area contributed by atoms with Crippen molar-refractivity contribution in [1.82, 2.24) is 10.2 Å². The van der Waals surface area contributed by atoms with E-state index in [0.29, 0.717) is 12.6 Å². The molecule has 21 heavy (non-hydrogen) atoms. The molecular formula is C16H30N2O3. The van der Waals surface area contributed by atoms with E-state index in [1.54, 1.807) is 0 Å². The van der Waals surface area contributed by atoms with E-state index in [2.05, 4.69) is 10.2 Å². The van der Waals surface area contributed by atoms with Crippen LogP contribution in [0.15, 0.2) is 0 Å². The third-order valence-corrected chi connectivity index (χ3v) is 4.50. The number of morpholine rings is 1. The molecule has 2 rings (SSSR count). The minimum atomic E-state index is -0.0619. The lowest BCUT2D eigenvalue weighted by molar-refractivity contribution is -0.127. The summed E-state index contributed by atoms with van der Waals surface area (Å²) in [6, 6.07) is -0.0619. The maximum Gasteiger partial charge on any atom is 0.237 e. The molecule has 2 aliphatic rings. The number of amides is 1. The molecule has 5 heteroatoms. The second-order valence-corrected chi connectivity index (χ2v) is 6.10. The fraction of sp³-hybridized carbons (Fsp3) is 0.938. The van der Waals surface area contributed by atoms with Crippen LogP contribution in [0.5, 0.6) is 0 Å². The number of carbonyl (C=O) groups is 1. The Morgan fingerprint density at radius 3 is 2.71 bits per heavy atom. The van der Waals surface area contributed by atoms with Crippen molar-refractivity contribution in [3.63, 3.8) is 0 Å². The van der Waals surface area contributed by atoms with E-state index in [9.17, 15) is 4.79 Å². The molecule has 0 bridgehead atoms. The first-order chi connectivity index (χ1) is 10.3. The van der Waals surface area contributed by atoms with E-state index in [1.165, 1.54) is 32.1 Å². The highest BCUT2D eigenvalue weighted by Crippen LogP contribution is 2.20. The van der Waals surface area contributed by atoms with Crippen LogP contribution < -0.4 is 5.32 Å². The molecule has 5 nitrogen and oxygen atoms in total. The SMILES string of the molecule is C[C@H](C(=O)NCCCOC1CCCCC1)N1CCOCC1. The van der Waals surface area contributed by atoms with E-state index >= 15 is 0 Å². The Hall–Kier alpha value is -0.650. The maximum atomic E-state index is 12.1. The topological polar surface area (TPSA) is 50.8 Å². The molecule has 1 heterocycles. The molecular weight excluding hydrogens is 268 g/mol. The summed E-state index contributed by atoms with van der Waals surface area (Å²) in [6.07, 6.45) is 7.74. The average molecular weight is 298 g/mol. The van der Waals surface area contributed by atoms with Crippen molar-refractivity contribution >= 4 is 5.91 Å². The maximum absolute atomic E-state index is 12.1. The lowest BCUT2D eigenvalue weighted by atomic mass is 9.98. The fourth-order valence-corrected chi connectivity index (χ4v) is 3.04. The predicted molar refractivity (Wildman–Crippen MR) is 82.3 cm³/mol. The molecule has 0 aromatic rings. The number of nitrogens with one attached hydrogen (secondary N) is 1. The van der Waals surface area contributed by atoms with Gasteiger partial charge in [0.2, 0.25) is 5.91 Å². The molecule has 0 unspecified atom stereocenters. The van der Waals surface area contributed by atoms with Crippen LogP contribution in [0.2, 0.25) is 0 Å². The third kappa shape index (κ3) is 5.93. The minimum absolute atomic E-state index is 0.0619. The number of carbonyl (C=O) groups excluding carboxylic acids is 1. The third-order valence-electron chi connectivity index (χ3n) is 4.50. The number of hydrogen-bond donors (Lipinski definition) is 1. The number of rotatable bonds is 7. The van der Waals surface area contributed by atoms with E-state index in [1.807, 2.05) is 6.92 Å². The Balaban J connectivity index is 1.52. The number of nitrogens with zero attached hydrogens (tertiary/aromatic N) is 1. The van der Waals surface area contributed by atoms with Crippen LogP contribution in [0.4, 0.5) is 0 Å². The number of hydrogen-bond acceptors (Lipinski definition) is 4. The van der Waals surface area contributed by atoms with Gasteiger partial charge < -0.3 is 14.8 Å². The summed E-state index contributed by atoms with van der Waals surface area (Å²) in [5.74, 6) is 0.120. The standard InChI is InChI=1S/C16H30N2O3/c1-14(18-9-12-20-13-10-18)16(19)17-8-5-11-21-15-6-3-2-4-7-15/h14-15H,2-13H2,1H3,(H,17,19)/t14-/m1/s1. The first-order valence-corrected chi connectivity index (χ1v) is 8.48. The molecule has 1 aliphatic carbocycles. The van der Waals surface area contributed by atoms with Crippen LogP contribution in [-0.2, 0) is 14.3 Å². The lowest BCUT2D eigenvalue weighted by Crippen LogP contribution is -2.49. The molecule has 1 atom stereocenters. The second kappa shape index (κ2) is 9.38. The van der Waals surface area contributed by atoms with Gasteiger partial charge in [-0.2, -0.15) is 0 Å². The molecule has 1 amide bonds. The van der Waals surface area contributed by atoms with Crippen molar-refractivity contribution in [3.8, 4) is 0 Å². The summed E-state index contributed by atoms with van der Waals surface area (Å²) in [6.45, 7) is 6.59. The summed E-state index contributed by atoms with van der Waals surface area (Å²) in [5, 5.41) is 3.02. The zero-order valence-corrected chi connectivity index (χ0v) is 13.3. The molecule has 1 aliphatic heterocycles. The van der Waals surface area contributed by atoms with Crippen molar-refractivity contribution in [3.05, 3.63) is 0 Å². The molecule has 0 radical (unpaired) electrons. The average Bonchev–Trinajstić information content (AvgIpc) is 2.55. The smallest absolute Gasteiger partial charge is 0.237 e. The Bertz CT molecular complexity index is 300. The van der Waals surface area contributed by atoms with Crippen molar-refractivity contribution in [2.24, 2.45) is 0 Å². The van der Waals surface area contributed by atoms with Crippen LogP contribution >= 0.6 is 0 Å². The summed E-state index contributed by atoms with van der Waals surface area (Å²) < 4.78 is 11.2. The summed E-state index contributed by atoms with van der Waals surface area (Å²) in [4.78, 5) is 14.3.